The van der Waals surface area contributed by atoms with Crippen LogP contribution in [-0.2, 0) is 4.79 Å². The van der Waals surface area contributed by atoms with Crippen LogP contribution in [0.4, 0.5) is 0 Å². The molecule has 2 saturated heterocycles. The number of carboxylic acids is 1. The summed E-state index contributed by atoms with van der Waals surface area (Å²) in [6, 6.07) is 5.82. The highest BCUT2D eigenvalue weighted by molar-refractivity contribution is 7.99. The molecule has 3 atom stereocenters. The van der Waals surface area contributed by atoms with Crippen LogP contribution in [0, 0.1) is 5.92 Å². The van der Waals surface area contributed by atoms with Gasteiger partial charge in [0.25, 0.3) is 0 Å². The molecule has 2 N–H and O–H groups in total. The molecule has 4 nitrogen and oxygen atoms in total. The van der Waals surface area contributed by atoms with Crippen molar-refractivity contribution in [3.63, 3.8) is 0 Å². The molecule has 6 heteroatoms. The molecule has 1 aromatic carbocycles. The van der Waals surface area contributed by atoms with Gasteiger partial charge < -0.3 is 15.2 Å². The molecule has 114 valence electrons. The number of carbonyl (C=O) groups is 1. The van der Waals surface area contributed by atoms with Crippen LogP contribution in [0.5, 0.6) is 5.75 Å². The van der Waals surface area contributed by atoms with E-state index in [2.05, 4.69) is 5.32 Å². The van der Waals surface area contributed by atoms with E-state index in [1.54, 1.807) is 0 Å². The first-order valence-electron chi connectivity index (χ1n) is 7.13. The average molecular weight is 328 g/mol. The SMILES string of the molecule is O=C(O)C1CNC(c2ccc(OC3CCSC3)c(Cl)c2)C1. The molecular formula is C15H18ClNO3S. The Morgan fingerprint density at radius 1 is 1.48 bits per heavy atom. The number of aliphatic carboxylic acids is 1. The Balaban J connectivity index is 1.68. The fourth-order valence-electron chi connectivity index (χ4n) is 2.79. The van der Waals surface area contributed by atoms with Crippen molar-refractivity contribution in [1.82, 2.24) is 5.32 Å². The van der Waals surface area contributed by atoms with Gasteiger partial charge in [-0.2, -0.15) is 11.8 Å². The normalized spacial score (nSPS) is 28.7. The predicted molar refractivity (Wildman–Crippen MR) is 84.3 cm³/mol. The molecule has 2 fully saturated rings. The maximum Gasteiger partial charge on any atom is 0.307 e. The number of hydrogen-bond acceptors (Lipinski definition) is 4. The molecule has 0 aliphatic carbocycles. The maximum absolute atomic E-state index is 11.0. The summed E-state index contributed by atoms with van der Waals surface area (Å²) in [5, 5.41) is 12.9. The summed E-state index contributed by atoms with van der Waals surface area (Å²) < 4.78 is 5.92. The summed E-state index contributed by atoms with van der Waals surface area (Å²) in [6.45, 7) is 0.509. The highest BCUT2D eigenvalue weighted by Gasteiger charge is 2.30. The number of benzene rings is 1. The lowest BCUT2D eigenvalue weighted by Gasteiger charge is -2.16. The number of thioether (sulfide) groups is 1. The van der Waals surface area contributed by atoms with Gasteiger partial charge in [0.15, 0.2) is 0 Å². The van der Waals surface area contributed by atoms with Crippen LogP contribution in [0.3, 0.4) is 0 Å². The van der Waals surface area contributed by atoms with Gasteiger partial charge in [-0.3, -0.25) is 4.79 Å². The molecule has 0 amide bonds. The van der Waals surface area contributed by atoms with Crippen molar-refractivity contribution in [2.75, 3.05) is 18.1 Å². The zero-order valence-electron chi connectivity index (χ0n) is 11.5. The largest absolute Gasteiger partial charge is 0.488 e. The van der Waals surface area contributed by atoms with Crippen LogP contribution in [0.25, 0.3) is 0 Å². The number of rotatable bonds is 4. The number of hydrogen-bond donors (Lipinski definition) is 2. The van der Waals surface area contributed by atoms with Crippen molar-refractivity contribution >= 4 is 29.3 Å². The van der Waals surface area contributed by atoms with Gasteiger partial charge >= 0.3 is 5.97 Å². The third-order valence-corrected chi connectivity index (χ3v) is 5.45. The second kappa shape index (κ2) is 6.46. The molecule has 3 rings (SSSR count). The second-order valence-corrected chi connectivity index (χ2v) is 7.08. The van der Waals surface area contributed by atoms with Crippen LogP contribution in [-0.4, -0.2) is 35.2 Å². The molecule has 0 radical (unpaired) electrons. The molecule has 3 unspecified atom stereocenters. The summed E-state index contributed by atoms with van der Waals surface area (Å²) in [4.78, 5) is 11.0. The highest BCUT2D eigenvalue weighted by atomic mass is 35.5. The van der Waals surface area contributed by atoms with Crippen molar-refractivity contribution < 1.29 is 14.6 Å². The molecule has 2 aliphatic heterocycles. The molecule has 1 aromatic rings. The van der Waals surface area contributed by atoms with Gasteiger partial charge in [0.1, 0.15) is 11.9 Å². The Kier molecular flexibility index (Phi) is 4.62. The summed E-state index contributed by atoms with van der Waals surface area (Å²) in [5.41, 5.74) is 1.02. The summed E-state index contributed by atoms with van der Waals surface area (Å²) in [5.74, 6) is 1.82. The lowest BCUT2D eigenvalue weighted by atomic mass is 10.00. The van der Waals surface area contributed by atoms with E-state index in [1.807, 2.05) is 30.0 Å². The second-order valence-electron chi connectivity index (χ2n) is 5.53. The molecular weight excluding hydrogens is 310 g/mol. The first-order chi connectivity index (χ1) is 10.1. The Morgan fingerprint density at radius 3 is 2.95 bits per heavy atom. The van der Waals surface area contributed by atoms with Crippen LogP contribution < -0.4 is 10.1 Å². The molecule has 0 spiro atoms. The smallest absolute Gasteiger partial charge is 0.307 e. The zero-order chi connectivity index (χ0) is 14.8. The van der Waals surface area contributed by atoms with Crippen molar-refractivity contribution in [3.8, 4) is 5.75 Å². The lowest BCUT2D eigenvalue weighted by Crippen LogP contribution is -2.17. The Morgan fingerprint density at radius 2 is 2.33 bits per heavy atom. The maximum atomic E-state index is 11.0. The average Bonchev–Trinajstić information content (AvgIpc) is 3.12. The molecule has 0 saturated carbocycles. The molecule has 0 bridgehead atoms. The van der Waals surface area contributed by atoms with Crippen LogP contribution >= 0.6 is 23.4 Å². The number of ether oxygens (including phenoxy) is 1. The van der Waals surface area contributed by atoms with Gasteiger partial charge in [-0.1, -0.05) is 17.7 Å². The van der Waals surface area contributed by atoms with Crippen LogP contribution in [0.2, 0.25) is 5.02 Å². The Labute approximate surface area is 133 Å². The van der Waals surface area contributed by atoms with E-state index in [4.69, 9.17) is 21.4 Å². The van der Waals surface area contributed by atoms with Gasteiger partial charge in [-0.15, -0.1) is 0 Å². The minimum absolute atomic E-state index is 0.0553. The molecule has 21 heavy (non-hydrogen) atoms. The van der Waals surface area contributed by atoms with Crippen molar-refractivity contribution in [2.45, 2.75) is 25.0 Å². The molecule has 2 aliphatic rings. The lowest BCUT2D eigenvalue weighted by molar-refractivity contribution is -0.141. The zero-order valence-corrected chi connectivity index (χ0v) is 13.1. The van der Waals surface area contributed by atoms with E-state index in [-0.39, 0.29) is 18.1 Å². The standard InChI is InChI=1S/C15H18ClNO3S/c16-12-5-9(13-6-10(7-17-13)15(18)19)1-2-14(12)20-11-3-4-21-8-11/h1-2,5,10-11,13,17H,3-4,6-8H2,(H,18,19). The first-order valence-corrected chi connectivity index (χ1v) is 8.67. The van der Waals surface area contributed by atoms with Crippen LogP contribution in [0.1, 0.15) is 24.4 Å². The Hall–Kier alpha value is -0.910. The topological polar surface area (TPSA) is 58.6 Å². The summed E-state index contributed by atoms with van der Waals surface area (Å²) >= 11 is 8.21. The summed E-state index contributed by atoms with van der Waals surface area (Å²) in [7, 11) is 0. The van der Waals surface area contributed by atoms with Gasteiger partial charge in [0.05, 0.1) is 10.9 Å². The minimum atomic E-state index is -0.741. The first kappa shape index (κ1) is 15.0. The monoisotopic (exact) mass is 327 g/mol. The van der Waals surface area contributed by atoms with E-state index < -0.39 is 5.97 Å². The highest BCUT2D eigenvalue weighted by Crippen LogP contribution is 2.34. The van der Waals surface area contributed by atoms with E-state index >= 15 is 0 Å². The fraction of sp³-hybridized carbons (Fsp3) is 0.533. The van der Waals surface area contributed by atoms with Gasteiger partial charge in [-0.25, -0.2) is 0 Å². The van der Waals surface area contributed by atoms with E-state index in [0.717, 1.165) is 29.2 Å². The van der Waals surface area contributed by atoms with Crippen molar-refractivity contribution in [3.05, 3.63) is 28.8 Å². The summed E-state index contributed by atoms with van der Waals surface area (Å²) in [6.07, 6.45) is 1.91. The van der Waals surface area contributed by atoms with Gasteiger partial charge in [0.2, 0.25) is 0 Å². The van der Waals surface area contributed by atoms with Gasteiger partial charge in [-0.05, 0) is 36.3 Å². The van der Waals surface area contributed by atoms with Crippen molar-refractivity contribution in [1.29, 1.82) is 0 Å². The third kappa shape index (κ3) is 3.47. The predicted octanol–water partition coefficient (Wildman–Crippen LogP) is 2.96. The van der Waals surface area contributed by atoms with Crippen LogP contribution in [0.15, 0.2) is 18.2 Å². The fourth-order valence-corrected chi connectivity index (χ4v) is 4.12. The molecule has 2 heterocycles. The Bertz CT molecular complexity index is 534. The van der Waals surface area contributed by atoms with E-state index in [9.17, 15) is 4.79 Å². The molecule has 0 aromatic heterocycles. The van der Waals surface area contributed by atoms with Gasteiger partial charge in [0, 0.05) is 18.3 Å². The number of halogens is 1. The van der Waals surface area contributed by atoms with Crippen molar-refractivity contribution in [2.24, 2.45) is 5.92 Å². The number of nitrogens with one attached hydrogen (secondary N) is 1. The quantitative estimate of drug-likeness (QED) is 0.890. The van der Waals surface area contributed by atoms with E-state index in [0.29, 0.717) is 18.0 Å². The third-order valence-electron chi connectivity index (χ3n) is 4.02. The number of carboxylic acid groups (broad SMARTS) is 1. The minimum Gasteiger partial charge on any atom is -0.488 e. The van der Waals surface area contributed by atoms with E-state index in [1.165, 1.54) is 0 Å².